The van der Waals surface area contributed by atoms with Crippen LogP contribution in [0.25, 0.3) is 0 Å². The molecule has 5 nitrogen and oxygen atoms in total. The molecule has 6 heteroatoms. The zero-order valence-corrected chi connectivity index (χ0v) is 11.4. The normalized spacial score (nSPS) is 11.6. The van der Waals surface area contributed by atoms with Gasteiger partial charge in [0.2, 0.25) is 10.0 Å². The molecule has 0 atom stereocenters. The van der Waals surface area contributed by atoms with Crippen molar-refractivity contribution >= 4 is 21.7 Å². The molecule has 1 N–H and O–H groups in total. The number of anilines is 1. The van der Waals surface area contributed by atoms with Gasteiger partial charge in [-0.2, -0.15) is 0 Å². The van der Waals surface area contributed by atoms with Crippen molar-refractivity contribution in [1.82, 2.24) is 0 Å². The smallest absolute Gasteiger partial charge is 0.324 e. The van der Waals surface area contributed by atoms with Gasteiger partial charge in [-0.1, -0.05) is 26.0 Å². The van der Waals surface area contributed by atoms with Gasteiger partial charge in [0.15, 0.2) is 0 Å². The van der Waals surface area contributed by atoms with Crippen LogP contribution in [0.4, 0.5) is 5.69 Å². The summed E-state index contributed by atoms with van der Waals surface area (Å²) in [6.07, 6.45) is 0.992. The molecule has 18 heavy (non-hydrogen) atoms. The molecular weight excluding hydrogens is 254 g/mol. The summed E-state index contributed by atoms with van der Waals surface area (Å²) in [5.41, 5.74) is 1.44. The van der Waals surface area contributed by atoms with Crippen LogP contribution in [-0.4, -0.2) is 32.3 Å². The van der Waals surface area contributed by atoms with Gasteiger partial charge in [-0.3, -0.25) is 9.10 Å². The first-order chi connectivity index (χ1) is 8.21. The Balaban J connectivity index is 3.10. The fraction of sp³-hybridized carbons (Fsp3) is 0.417. The first-order valence-electron chi connectivity index (χ1n) is 5.51. The minimum absolute atomic E-state index is 0.338. The average molecular weight is 271 g/mol. The lowest BCUT2D eigenvalue weighted by Gasteiger charge is -2.20. The van der Waals surface area contributed by atoms with Crippen molar-refractivity contribution in [2.45, 2.75) is 19.8 Å². The van der Waals surface area contributed by atoms with E-state index in [2.05, 4.69) is 0 Å². The van der Waals surface area contributed by atoms with Gasteiger partial charge in [0.05, 0.1) is 11.9 Å². The summed E-state index contributed by atoms with van der Waals surface area (Å²) in [5, 5.41) is 8.75. The highest BCUT2D eigenvalue weighted by Crippen LogP contribution is 2.21. The molecule has 0 amide bonds. The molecule has 0 aliphatic heterocycles. The summed E-state index contributed by atoms with van der Waals surface area (Å²) in [5.74, 6) is -0.849. The SMILES string of the molecule is CC(C)c1ccc(N(CC(=O)O)S(C)(=O)=O)cc1. The summed E-state index contributed by atoms with van der Waals surface area (Å²) in [4.78, 5) is 10.7. The van der Waals surface area contributed by atoms with Gasteiger partial charge >= 0.3 is 5.97 Å². The Labute approximate surface area is 107 Å². The van der Waals surface area contributed by atoms with E-state index < -0.39 is 22.5 Å². The first-order valence-corrected chi connectivity index (χ1v) is 7.36. The van der Waals surface area contributed by atoms with Crippen molar-refractivity contribution in [2.75, 3.05) is 17.1 Å². The quantitative estimate of drug-likeness (QED) is 0.883. The van der Waals surface area contributed by atoms with Crippen molar-refractivity contribution in [1.29, 1.82) is 0 Å². The number of benzene rings is 1. The van der Waals surface area contributed by atoms with Crippen LogP contribution in [0.1, 0.15) is 25.3 Å². The molecule has 1 rings (SSSR count). The Morgan fingerprint density at radius 1 is 1.28 bits per heavy atom. The van der Waals surface area contributed by atoms with Gasteiger partial charge in [-0.05, 0) is 23.6 Å². The van der Waals surface area contributed by atoms with Crippen molar-refractivity contribution in [3.8, 4) is 0 Å². The molecule has 0 saturated carbocycles. The highest BCUT2D eigenvalue weighted by Gasteiger charge is 2.20. The van der Waals surface area contributed by atoms with E-state index in [-0.39, 0.29) is 0 Å². The lowest BCUT2D eigenvalue weighted by molar-refractivity contribution is -0.135. The number of sulfonamides is 1. The second kappa shape index (κ2) is 5.39. The lowest BCUT2D eigenvalue weighted by Crippen LogP contribution is -2.34. The van der Waals surface area contributed by atoms with Crippen molar-refractivity contribution < 1.29 is 18.3 Å². The number of carboxylic acid groups (broad SMARTS) is 1. The largest absolute Gasteiger partial charge is 0.480 e. The van der Waals surface area contributed by atoms with Crippen LogP contribution < -0.4 is 4.31 Å². The van der Waals surface area contributed by atoms with E-state index in [0.29, 0.717) is 11.6 Å². The van der Waals surface area contributed by atoms with Crippen LogP contribution in [0.5, 0.6) is 0 Å². The predicted octanol–water partition coefficient (Wildman–Crippen LogP) is 1.66. The summed E-state index contributed by atoms with van der Waals surface area (Å²) < 4.78 is 24.0. The van der Waals surface area contributed by atoms with E-state index in [1.54, 1.807) is 24.3 Å². The molecule has 0 aliphatic carbocycles. The maximum Gasteiger partial charge on any atom is 0.324 e. The Morgan fingerprint density at radius 3 is 2.11 bits per heavy atom. The highest BCUT2D eigenvalue weighted by molar-refractivity contribution is 7.92. The zero-order chi connectivity index (χ0) is 13.9. The fourth-order valence-corrected chi connectivity index (χ4v) is 2.40. The van der Waals surface area contributed by atoms with Crippen LogP contribution in [0.15, 0.2) is 24.3 Å². The van der Waals surface area contributed by atoms with Crippen molar-refractivity contribution in [3.05, 3.63) is 29.8 Å². The number of nitrogens with zero attached hydrogens (tertiary/aromatic N) is 1. The molecule has 1 aromatic rings. The van der Waals surface area contributed by atoms with Crippen LogP contribution >= 0.6 is 0 Å². The molecule has 0 fully saturated rings. The van der Waals surface area contributed by atoms with Crippen LogP contribution in [0.3, 0.4) is 0 Å². The van der Waals surface area contributed by atoms with E-state index in [4.69, 9.17) is 5.11 Å². The fourth-order valence-electron chi connectivity index (χ4n) is 1.55. The van der Waals surface area contributed by atoms with E-state index in [1.165, 1.54) is 0 Å². The number of carboxylic acids is 1. The van der Waals surface area contributed by atoms with Gasteiger partial charge in [-0.25, -0.2) is 8.42 Å². The molecule has 0 radical (unpaired) electrons. The van der Waals surface area contributed by atoms with Gasteiger partial charge in [0.1, 0.15) is 6.54 Å². The second-order valence-corrected chi connectivity index (χ2v) is 6.32. The molecule has 0 spiro atoms. The van der Waals surface area contributed by atoms with Gasteiger partial charge in [-0.15, -0.1) is 0 Å². The minimum atomic E-state index is -3.59. The summed E-state index contributed by atoms with van der Waals surface area (Å²) in [7, 11) is -3.59. The molecule has 0 unspecified atom stereocenters. The third-order valence-electron chi connectivity index (χ3n) is 2.53. The monoisotopic (exact) mass is 271 g/mol. The molecule has 1 aromatic carbocycles. The molecule has 0 aromatic heterocycles. The van der Waals surface area contributed by atoms with Crippen LogP contribution in [-0.2, 0) is 14.8 Å². The van der Waals surface area contributed by atoms with Crippen LogP contribution in [0, 0.1) is 0 Å². The molecule has 0 saturated heterocycles. The molecule has 100 valence electrons. The zero-order valence-electron chi connectivity index (χ0n) is 10.6. The molecular formula is C12H17NO4S. The van der Waals surface area contributed by atoms with Crippen LogP contribution in [0.2, 0.25) is 0 Å². The number of hydrogen-bond acceptors (Lipinski definition) is 3. The third kappa shape index (κ3) is 3.73. The standard InChI is InChI=1S/C12H17NO4S/c1-9(2)10-4-6-11(7-5-10)13(8-12(14)15)18(3,16)17/h4-7,9H,8H2,1-3H3,(H,14,15). The van der Waals surface area contributed by atoms with E-state index in [0.717, 1.165) is 16.1 Å². The van der Waals surface area contributed by atoms with E-state index in [9.17, 15) is 13.2 Å². The Kier molecular flexibility index (Phi) is 4.34. The molecule has 0 aliphatic rings. The van der Waals surface area contributed by atoms with Gasteiger partial charge in [0, 0.05) is 0 Å². The maximum atomic E-state index is 11.5. The topological polar surface area (TPSA) is 74.7 Å². The maximum absolute atomic E-state index is 11.5. The Morgan fingerprint density at radius 2 is 1.78 bits per heavy atom. The summed E-state index contributed by atoms with van der Waals surface area (Å²) in [6.45, 7) is 3.49. The van der Waals surface area contributed by atoms with Crippen molar-refractivity contribution in [3.63, 3.8) is 0 Å². The predicted molar refractivity (Wildman–Crippen MR) is 70.4 cm³/mol. The Bertz CT molecular complexity index is 520. The number of carbonyl (C=O) groups is 1. The molecule has 0 heterocycles. The average Bonchev–Trinajstić information content (AvgIpc) is 2.24. The molecule has 0 bridgehead atoms. The Hall–Kier alpha value is -1.56. The van der Waals surface area contributed by atoms with Crippen molar-refractivity contribution in [2.24, 2.45) is 0 Å². The summed E-state index contributed by atoms with van der Waals surface area (Å²) >= 11 is 0. The first kappa shape index (κ1) is 14.5. The lowest BCUT2D eigenvalue weighted by atomic mass is 10.0. The van der Waals surface area contributed by atoms with E-state index in [1.807, 2.05) is 13.8 Å². The minimum Gasteiger partial charge on any atom is -0.480 e. The van der Waals surface area contributed by atoms with E-state index >= 15 is 0 Å². The van der Waals surface area contributed by atoms with Gasteiger partial charge < -0.3 is 5.11 Å². The summed E-state index contributed by atoms with van der Waals surface area (Å²) in [6, 6.07) is 6.86. The highest BCUT2D eigenvalue weighted by atomic mass is 32.2. The number of aliphatic carboxylic acids is 1. The number of hydrogen-bond donors (Lipinski definition) is 1. The van der Waals surface area contributed by atoms with Gasteiger partial charge in [0.25, 0.3) is 0 Å². The third-order valence-corrected chi connectivity index (χ3v) is 3.67. The number of rotatable bonds is 5. The second-order valence-electron chi connectivity index (χ2n) is 4.41.